The molecule has 0 saturated carbocycles. The van der Waals surface area contributed by atoms with Gasteiger partial charge in [-0.1, -0.05) is 26.8 Å². The Morgan fingerprint density at radius 3 is 2.59 bits per heavy atom. The number of thioether (sulfide) groups is 1. The zero-order valence-electron chi connectivity index (χ0n) is 16.2. The first-order valence-corrected chi connectivity index (χ1v) is 9.68. The van der Waals surface area contributed by atoms with Gasteiger partial charge in [-0.2, -0.15) is 0 Å². The fraction of sp³-hybridized carbons (Fsp3) is 0.333. The van der Waals surface area contributed by atoms with Gasteiger partial charge in [0.05, 0.1) is 23.7 Å². The van der Waals surface area contributed by atoms with Gasteiger partial charge in [0, 0.05) is 10.5 Å². The highest BCUT2D eigenvalue weighted by atomic mass is 32.2. The van der Waals surface area contributed by atoms with Crippen LogP contribution < -0.4 is 15.4 Å². The summed E-state index contributed by atoms with van der Waals surface area (Å²) in [7, 11) is 1.58. The van der Waals surface area contributed by atoms with E-state index in [0.29, 0.717) is 22.7 Å². The molecule has 0 aliphatic carbocycles. The van der Waals surface area contributed by atoms with Gasteiger partial charge in [-0.05, 0) is 48.2 Å². The molecule has 0 saturated heterocycles. The highest BCUT2D eigenvalue weighted by Gasteiger charge is 2.24. The molecule has 6 heteroatoms. The van der Waals surface area contributed by atoms with Crippen LogP contribution in [0.4, 0.5) is 11.4 Å². The van der Waals surface area contributed by atoms with E-state index < -0.39 is 0 Å². The van der Waals surface area contributed by atoms with Gasteiger partial charge in [-0.3, -0.25) is 9.59 Å². The van der Waals surface area contributed by atoms with E-state index in [4.69, 9.17) is 4.74 Å². The lowest BCUT2D eigenvalue weighted by Crippen LogP contribution is -2.26. The standard InChI is InChI=1S/C21H24N2O3S/c1-12-19(24)23-16-10-13(6-9-18(16)27-12)20(25)22-15-11-14(21(2,3)4)7-8-17(15)26-5/h6-12H,1-5H3,(H,22,25)(H,23,24). The van der Waals surface area contributed by atoms with Crippen LogP contribution in [0.1, 0.15) is 43.6 Å². The minimum Gasteiger partial charge on any atom is -0.495 e. The summed E-state index contributed by atoms with van der Waals surface area (Å²) < 4.78 is 5.39. The topological polar surface area (TPSA) is 67.4 Å². The van der Waals surface area contributed by atoms with Gasteiger partial charge in [-0.15, -0.1) is 11.8 Å². The molecule has 0 radical (unpaired) electrons. The van der Waals surface area contributed by atoms with Crippen LogP contribution in [0.3, 0.4) is 0 Å². The Kier molecular flexibility index (Phi) is 5.20. The first kappa shape index (κ1) is 19.3. The molecule has 1 aliphatic heterocycles. The zero-order chi connectivity index (χ0) is 19.8. The third-order valence-electron chi connectivity index (χ3n) is 4.49. The number of rotatable bonds is 3. The van der Waals surface area contributed by atoms with E-state index in [2.05, 4.69) is 31.4 Å². The number of anilines is 2. The van der Waals surface area contributed by atoms with Crippen molar-refractivity contribution in [3.63, 3.8) is 0 Å². The number of methoxy groups -OCH3 is 1. The summed E-state index contributed by atoms with van der Waals surface area (Å²) in [4.78, 5) is 25.6. The van der Waals surface area contributed by atoms with Crippen LogP contribution in [-0.4, -0.2) is 24.2 Å². The molecular formula is C21H24N2O3S. The molecule has 0 fully saturated rings. The summed E-state index contributed by atoms with van der Waals surface area (Å²) >= 11 is 1.49. The normalized spacial score (nSPS) is 16.3. The molecule has 2 aromatic rings. The Morgan fingerprint density at radius 2 is 1.93 bits per heavy atom. The summed E-state index contributed by atoms with van der Waals surface area (Å²) in [5.41, 5.74) is 2.83. The molecule has 0 aromatic heterocycles. The summed E-state index contributed by atoms with van der Waals surface area (Å²) in [5, 5.41) is 5.65. The van der Waals surface area contributed by atoms with Crippen LogP contribution in [0.2, 0.25) is 0 Å². The van der Waals surface area contributed by atoms with Crippen LogP contribution in [-0.2, 0) is 10.2 Å². The van der Waals surface area contributed by atoms with Crippen LogP contribution in [0.25, 0.3) is 0 Å². The molecule has 27 heavy (non-hydrogen) atoms. The second-order valence-electron chi connectivity index (χ2n) is 7.58. The minimum absolute atomic E-state index is 0.0459. The Hall–Kier alpha value is -2.47. The van der Waals surface area contributed by atoms with E-state index >= 15 is 0 Å². The summed E-state index contributed by atoms with van der Waals surface area (Å²) in [6.07, 6.45) is 0. The van der Waals surface area contributed by atoms with E-state index in [9.17, 15) is 9.59 Å². The Labute approximate surface area is 163 Å². The number of carbonyl (C=O) groups excluding carboxylic acids is 2. The fourth-order valence-electron chi connectivity index (χ4n) is 2.82. The molecule has 2 amide bonds. The smallest absolute Gasteiger partial charge is 0.255 e. The third kappa shape index (κ3) is 4.11. The highest BCUT2D eigenvalue weighted by Crippen LogP contribution is 2.36. The van der Waals surface area contributed by atoms with Crippen molar-refractivity contribution < 1.29 is 14.3 Å². The fourth-order valence-corrected chi connectivity index (χ4v) is 3.75. The van der Waals surface area contributed by atoms with Gasteiger partial charge in [0.15, 0.2) is 0 Å². The van der Waals surface area contributed by atoms with Crippen molar-refractivity contribution in [1.29, 1.82) is 0 Å². The molecule has 1 heterocycles. The number of hydrogen-bond donors (Lipinski definition) is 2. The summed E-state index contributed by atoms with van der Waals surface area (Å²) in [5.74, 6) is 0.302. The lowest BCUT2D eigenvalue weighted by atomic mass is 9.87. The maximum atomic E-state index is 12.8. The number of carbonyl (C=O) groups is 2. The first-order valence-electron chi connectivity index (χ1n) is 8.80. The molecule has 2 N–H and O–H groups in total. The number of ether oxygens (including phenoxy) is 1. The van der Waals surface area contributed by atoms with Crippen molar-refractivity contribution in [2.75, 3.05) is 17.7 Å². The van der Waals surface area contributed by atoms with E-state index in [1.54, 1.807) is 19.2 Å². The third-order valence-corrected chi connectivity index (χ3v) is 5.66. The number of hydrogen-bond acceptors (Lipinski definition) is 4. The molecule has 0 bridgehead atoms. The van der Waals surface area contributed by atoms with Gasteiger partial charge in [-0.25, -0.2) is 0 Å². The van der Waals surface area contributed by atoms with E-state index in [1.807, 2.05) is 31.2 Å². The maximum absolute atomic E-state index is 12.8. The monoisotopic (exact) mass is 384 g/mol. The van der Waals surface area contributed by atoms with Gasteiger partial charge in [0.2, 0.25) is 5.91 Å². The second-order valence-corrected chi connectivity index (χ2v) is 8.96. The number of nitrogens with one attached hydrogen (secondary N) is 2. The van der Waals surface area contributed by atoms with Crippen molar-refractivity contribution in [2.45, 2.75) is 43.3 Å². The van der Waals surface area contributed by atoms with Crippen molar-refractivity contribution in [2.24, 2.45) is 0 Å². The summed E-state index contributed by atoms with van der Waals surface area (Å²) in [6, 6.07) is 11.2. The quantitative estimate of drug-likeness (QED) is 0.806. The Morgan fingerprint density at radius 1 is 1.19 bits per heavy atom. The van der Waals surface area contributed by atoms with Crippen molar-refractivity contribution in [3.8, 4) is 5.75 Å². The van der Waals surface area contributed by atoms with Crippen molar-refractivity contribution in [3.05, 3.63) is 47.5 Å². The largest absolute Gasteiger partial charge is 0.495 e. The van der Waals surface area contributed by atoms with E-state index in [-0.39, 0.29) is 22.5 Å². The zero-order valence-corrected chi connectivity index (χ0v) is 17.0. The lowest BCUT2D eigenvalue weighted by molar-refractivity contribution is -0.115. The van der Waals surface area contributed by atoms with Crippen LogP contribution in [0.15, 0.2) is 41.3 Å². The predicted octanol–water partition coefficient (Wildman–Crippen LogP) is 4.68. The van der Waals surface area contributed by atoms with Gasteiger partial charge >= 0.3 is 0 Å². The van der Waals surface area contributed by atoms with Gasteiger partial charge in [0.1, 0.15) is 5.75 Å². The molecule has 2 aromatic carbocycles. The van der Waals surface area contributed by atoms with Crippen molar-refractivity contribution in [1.82, 2.24) is 0 Å². The number of fused-ring (bicyclic) bond motifs is 1. The number of benzene rings is 2. The Balaban J connectivity index is 1.88. The van der Waals surface area contributed by atoms with Crippen LogP contribution in [0, 0.1) is 0 Å². The summed E-state index contributed by atoms with van der Waals surface area (Å²) in [6.45, 7) is 8.21. The molecule has 3 rings (SSSR count). The van der Waals surface area contributed by atoms with Crippen LogP contribution in [0.5, 0.6) is 5.75 Å². The van der Waals surface area contributed by atoms with Crippen LogP contribution >= 0.6 is 11.8 Å². The average molecular weight is 385 g/mol. The molecule has 0 spiro atoms. The molecular weight excluding hydrogens is 360 g/mol. The maximum Gasteiger partial charge on any atom is 0.255 e. The molecule has 1 aliphatic rings. The van der Waals surface area contributed by atoms with Crippen molar-refractivity contribution >= 4 is 35.0 Å². The predicted molar refractivity (Wildman–Crippen MR) is 110 cm³/mol. The molecule has 142 valence electrons. The van der Waals surface area contributed by atoms with E-state index in [0.717, 1.165) is 10.5 Å². The SMILES string of the molecule is COc1ccc(C(C)(C)C)cc1NC(=O)c1ccc2c(c1)NC(=O)C(C)S2. The van der Waals surface area contributed by atoms with Gasteiger partial charge in [0.25, 0.3) is 5.91 Å². The molecule has 1 atom stereocenters. The highest BCUT2D eigenvalue weighted by molar-refractivity contribution is 8.00. The number of amides is 2. The minimum atomic E-state index is -0.250. The lowest BCUT2D eigenvalue weighted by Gasteiger charge is -2.22. The van der Waals surface area contributed by atoms with Gasteiger partial charge < -0.3 is 15.4 Å². The Bertz CT molecular complexity index is 903. The van der Waals surface area contributed by atoms with E-state index in [1.165, 1.54) is 11.8 Å². The average Bonchev–Trinajstić information content (AvgIpc) is 2.61. The molecule has 1 unspecified atom stereocenters. The first-order chi connectivity index (χ1) is 12.7. The second kappa shape index (κ2) is 7.27. The molecule has 5 nitrogen and oxygen atoms in total.